The van der Waals surface area contributed by atoms with Crippen molar-refractivity contribution >= 4 is 33.7 Å². The highest BCUT2D eigenvalue weighted by Gasteiger charge is 2.28. The molecule has 1 N–H and O–H groups in total. The third-order valence-corrected chi connectivity index (χ3v) is 7.75. The Morgan fingerprint density at radius 1 is 1.08 bits per heavy atom. The zero-order chi connectivity index (χ0) is 24.6. The number of nitrogens with one attached hydrogen (secondary N) is 1. The number of H-pyrrole nitrogens is 1. The smallest absolute Gasteiger partial charge is 0.236 e. The van der Waals surface area contributed by atoms with Crippen LogP contribution in [0, 0.1) is 0 Å². The van der Waals surface area contributed by atoms with Gasteiger partial charge in [-0.25, -0.2) is 9.97 Å². The first-order valence-corrected chi connectivity index (χ1v) is 12.6. The Hall–Kier alpha value is -3.66. The van der Waals surface area contributed by atoms with Crippen molar-refractivity contribution in [1.82, 2.24) is 34.5 Å². The van der Waals surface area contributed by atoms with Gasteiger partial charge in [-0.2, -0.15) is 5.10 Å². The molecule has 10 nitrogen and oxygen atoms in total. The molecule has 3 aromatic heterocycles. The molecule has 0 radical (unpaired) electrons. The van der Waals surface area contributed by atoms with Crippen LogP contribution in [0.3, 0.4) is 0 Å². The number of aromatic nitrogens is 5. The Kier molecular flexibility index (Phi) is 5.96. The summed E-state index contributed by atoms with van der Waals surface area (Å²) in [6, 6.07) is 6.19. The van der Waals surface area contributed by atoms with Crippen LogP contribution < -0.4 is 9.64 Å². The number of piperidine rings is 1. The monoisotopic (exact) mass is 488 g/mol. The number of likely N-dealkylation sites (tertiary alicyclic amines) is 1. The molecule has 36 heavy (non-hydrogen) atoms. The molecule has 2 aliphatic rings. The lowest BCUT2D eigenvalue weighted by molar-refractivity contribution is -0.133. The number of hydrogen-bond acceptors (Lipinski definition) is 7. The molecule has 5 heterocycles. The Morgan fingerprint density at radius 3 is 2.67 bits per heavy atom. The SMILES string of the molecule is COc1ccc2[nH]cc(C3CCN(CC(=O)N4CCN(c5ncnc6c5cnn6C)CC4)CC3)c2c1. The van der Waals surface area contributed by atoms with Crippen LogP contribution >= 0.6 is 0 Å². The van der Waals surface area contributed by atoms with E-state index < -0.39 is 0 Å². The molecule has 4 aromatic rings. The number of fused-ring (bicyclic) bond motifs is 2. The number of rotatable bonds is 5. The van der Waals surface area contributed by atoms with Gasteiger partial charge in [0.2, 0.25) is 5.91 Å². The van der Waals surface area contributed by atoms with Crippen molar-refractivity contribution in [2.75, 3.05) is 57.8 Å². The molecule has 10 heteroatoms. The number of hydrogen-bond donors (Lipinski definition) is 1. The van der Waals surface area contributed by atoms with Gasteiger partial charge in [0.15, 0.2) is 5.65 Å². The maximum absolute atomic E-state index is 13.1. The minimum absolute atomic E-state index is 0.221. The van der Waals surface area contributed by atoms with Gasteiger partial charge in [0.05, 0.1) is 25.2 Å². The minimum Gasteiger partial charge on any atom is -0.497 e. The summed E-state index contributed by atoms with van der Waals surface area (Å²) in [6.45, 7) is 5.31. The molecule has 188 valence electrons. The number of methoxy groups -OCH3 is 1. The average molecular weight is 489 g/mol. The zero-order valence-corrected chi connectivity index (χ0v) is 20.9. The van der Waals surface area contributed by atoms with Crippen molar-refractivity contribution in [2.45, 2.75) is 18.8 Å². The summed E-state index contributed by atoms with van der Waals surface area (Å²) in [7, 11) is 3.59. The van der Waals surface area contributed by atoms with Crippen molar-refractivity contribution in [3.8, 4) is 5.75 Å². The van der Waals surface area contributed by atoms with E-state index in [0.717, 1.165) is 67.1 Å². The maximum atomic E-state index is 13.1. The van der Waals surface area contributed by atoms with Crippen LogP contribution in [-0.4, -0.2) is 93.4 Å². The van der Waals surface area contributed by atoms with E-state index in [0.29, 0.717) is 25.6 Å². The van der Waals surface area contributed by atoms with Crippen molar-refractivity contribution in [2.24, 2.45) is 7.05 Å². The number of nitrogens with zero attached hydrogens (tertiary/aromatic N) is 7. The Balaban J connectivity index is 1.03. The predicted molar refractivity (Wildman–Crippen MR) is 138 cm³/mol. The lowest BCUT2D eigenvalue weighted by Gasteiger charge is -2.37. The van der Waals surface area contributed by atoms with E-state index in [9.17, 15) is 4.79 Å². The molecule has 1 aromatic carbocycles. The summed E-state index contributed by atoms with van der Waals surface area (Å²) in [4.78, 5) is 31.9. The van der Waals surface area contributed by atoms with E-state index in [-0.39, 0.29) is 5.91 Å². The number of aryl methyl sites for hydroxylation is 1. The first-order chi connectivity index (χ1) is 17.6. The van der Waals surface area contributed by atoms with E-state index in [1.54, 1.807) is 18.1 Å². The fraction of sp³-hybridized carbons (Fsp3) is 0.462. The highest BCUT2D eigenvalue weighted by atomic mass is 16.5. The second-order valence-electron chi connectivity index (χ2n) is 9.78. The quantitative estimate of drug-likeness (QED) is 0.461. The minimum atomic E-state index is 0.221. The Labute approximate surface area is 209 Å². The van der Waals surface area contributed by atoms with Crippen molar-refractivity contribution < 1.29 is 9.53 Å². The number of benzene rings is 1. The molecule has 0 unspecified atom stereocenters. The molecule has 0 bridgehead atoms. The number of carbonyl (C=O) groups excluding carboxylic acids is 1. The van der Waals surface area contributed by atoms with Crippen LogP contribution in [0.1, 0.15) is 24.3 Å². The van der Waals surface area contributed by atoms with Crippen LogP contribution in [0.4, 0.5) is 5.82 Å². The van der Waals surface area contributed by atoms with Crippen molar-refractivity contribution in [3.05, 3.63) is 42.5 Å². The normalized spacial score (nSPS) is 17.8. The maximum Gasteiger partial charge on any atom is 0.236 e. The van der Waals surface area contributed by atoms with Gasteiger partial charge in [0.25, 0.3) is 0 Å². The van der Waals surface area contributed by atoms with E-state index in [2.05, 4.69) is 48.2 Å². The van der Waals surface area contributed by atoms with E-state index >= 15 is 0 Å². The molecule has 0 spiro atoms. The largest absolute Gasteiger partial charge is 0.497 e. The lowest BCUT2D eigenvalue weighted by atomic mass is 9.89. The summed E-state index contributed by atoms with van der Waals surface area (Å²) in [5.74, 6) is 2.50. The van der Waals surface area contributed by atoms with Gasteiger partial charge in [-0.05, 0) is 55.6 Å². The Bertz CT molecular complexity index is 1380. The fourth-order valence-corrected chi connectivity index (χ4v) is 5.65. The van der Waals surface area contributed by atoms with Crippen LogP contribution in [0.2, 0.25) is 0 Å². The average Bonchev–Trinajstić information content (AvgIpc) is 3.52. The van der Waals surface area contributed by atoms with Gasteiger partial charge in [0.1, 0.15) is 17.9 Å². The number of aromatic amines is 1. The summed E-state index contributed by atoms with van der Waals surface area (Å²) >= 11 is 0. The number of piperazine rings is 1. The molecular formula is C26H32N8O2. The van der Waals surface area contributed by atoms with Crippen LogP contribution in [0.15, 0.2) is 36.9 Å². The molecule has 2 fully saturated rings. The summed E-state index contributed by atoms with van der Waals surface area (Å²) in [5.41, 5.74) is 3.33. The molecule has 2 aliphatic heterocycles. The van der Waals surface area contributed by atoms with Gasteiger partial charge in [-0.1, -0.05) is 0 Å². The number of amides is 1. The van der Waals surface area contributed by atoms with E-state index in [1.807, 2.05) is 24.2 Å². The van der Waals surface area contributed by atoms with Crippen LogP contribution in [-0.2, 0) is 11.8 Å². The predicted octanol–water partition coefficient (Wildman–Crippen LogP) is 2.38. The van der Waals surface area contributed by atoms with Crippen LogP contribution in [0.25, 0.3) is 21.9 Å². The number of carbonyl (C=O) groups is 1. The summed E-state index contributed by atoms with van der Waals surface area (Å²) in [6.07, 6.45) is 7.66. The first kappa shape index (κ1) is 22.8. The molecule has 0 aliphatic carbocycles. The lowest BCUT2D eigenvalue weighted by Crippen LogP contribution is -2.52. The standard InChI is InChI=1S/C26H32N8O2/c1-31-25-22(15-30-31)26(29-17-28-25)34-11-9-33(10-12-34)24(35)16-32-7-5-18(6-8-32)21-14-27-23-4-3-19(36-2)13-20(21)23/h3-4,13-15,17-18,27H,5-12,16H2,1-2H3. The fourth-order valence-electron chi connectivity index (χ4n) is 5.65. The van der Waals surface area contributed by atoms with Gasteiger partial charge in [-0.3, -0.25) is 14.4 Å². The van der Waals surface area contributed by atoms with Gasteiger partial charge in [-0.15, -0.1) is 0 Å². The highest BCUT2D eigenvalue weighted by molar-refractivity contribution is 5.87. The van der Waals surface area contributed by atoms with Gasteiger partial charge >= 0.3 is 0 Å². The number of anilines is 1. The molecule has 1 amide bonds. The molecule has 6 rings (SSSR count). The Morgan fingerprint density at radius 2 is 1.89 bits per heavy atom. The third-order valence-electron chi connectivity index (χ3n) is 7.75. The first-order valence-electron chi connectivity index (χ1n) is 12.6. The second kappa shape index (κ2) is 9.42. The molecular weight excluding hydrogens is 456 g/mol. The van der Waals surface area contributed by atoms with E-state index in [1.165, 1.54) is 10.9 Å². The van der Waals surface area contributed by atoms with Gasteiger partial charge < -0.3 is 19.5 Å². The molecule has 2 saturated heterocycles. The summed E-state index contributed by atoms with van der Waals surface area (Å²) < 4.78 is 7.19. The van der Waals surface area contributed by atoms with Crippen LogP contribution in [0.5, 0.6) is 5.75 Å². The summed E-state index contributed by atoms with van der Waals surface area (Å²) in [5, 5.41) is 6.51. The van der Waals surface area contributed by atoms with Gasteiger partial charge in [0, 0.05) is 50.3 Å². The highest BCUT2D eigenvalue weighted by Crippen LogP contribution is 2.34. The van der Waals surface area contributed by atoms with E-state index in [4.69, 9.17) is 4.74 Å². The third kappa shape index (κ3) is 4.15. The van der Waals surface area contributed by atoms with Crippen molar-refractivity contribution in [1.29, 1.82) is 0 Å². The second-order valence-corrected chi connectivity index (χ2v) is 9.78. The topological polar surface area (TPSA) is 95.4 Å². The molecule has 0 atom stereocenters. The van der Waals surface area contributed by atoms with Crippen molar-refractivity contribution in [3.63, 3.8) is 0 Å². The molecule has 0 saturated carbocycles. The zero-order valence-electron chi connectivity index (χ0n) is 20.9. The number of ether oxygens (including phenoxy) is 1.